The van der Waals surface area contributed by atoms with Crippen molar-refractivity contribution in [2.45, 2.75) is 32.9 Å². The van der Waals surface area contributed by atoms with Gasteiger partial charge in [0.15, 0.2) is 11.5 Å². The third-order valence-electron chi connectivity index (χ3n) is 2.18. The lowest BCUT2D eigenvalue weighted by Crippen LogP contribution is -2.32. The maximum absolute atomic E-state index is 11.6. The molecule has 1 rings (SSSR count). The van der Waals surface area contributed by atoms with Crippen molar-refractivity contribution < 1.29 is 19.0 Å². The molecule has 0 aliphatic heterocycles. The summed E-state index contributed by atoms with van der Waals surface area (Å²) in [7, 11) is 3.07. The van der Waals surface area contributed by atoms with E-state index in [1.807, 2.05) is 0 Å². The van der Waals surface area contributed by atoms with Gasteiger partial charge in [0.05, 0.1) is 27.0 Å². The van der Waals surface area contributed by atoms with Crippen molar-refractivity contribution in [3.8, 4) is 11.5 Å². The Morgan fingerprint density at radius 1 is 1.26 bits per heavy atom. The van der Waals surface area contributed by atoms with Crippen LogP contribution in [0.2, 0.25) is 0 Å². The minimum absolute atomic E-state index is 0.252. The van der Waals surface area contributed by atoms with Gasteiger partial charge >= 0.3 is 6.09 Å². The van der Waals surface area contributed by atoms with Crippen molar-refractivity contribution in [2.24, 2.45) is 0 Å². The van der Waals surface area contributed by atoms with Crippen molar-refractivity contribution in [2.75, 3.05) is 14.2 Å². The number of alkyl carbamates (subject to hydrolysis) is 1. The summed E-state index contributed by atoms with van der Waals surface area (Å²) in [5, 5.41) is 2.64. The minimum Gasteiger partial charge on any atom is -0.492 e. The standard InChI is InChI=1S/C13H20N2O4/c1-13(2,3)19-12(16)15-7-9-6-14-8-10(17-4)11(9)18-5/h6,8H,7H2,1-5H3,(H,15,16). The average molecular weight is 268 g/mol. The first kappa shape index (κ1) is 15.1. The van der Waals surface area contributed by atoms with Gasteiger partial charge in [-0.25, -0.2) is 4.79 Å². The highest BCUT2D eigenvalue weighted by molar-refractivity contribution is 5.67. The van der Waals surface area contributed by atoms with Gasteiger partial charge in [0, 0.05) is 11.8 Å². The van der Waals surface area contributed by atoms with Gasteiger partial charge < -0.3 is 19.5 Å². The van der Waals surface area contributed by atoms with E-state index in [1.54, 1.807) is 33.2 Å². The monoisotopic (exact) mass is 268 g/mol. The zero-order valence-corrected chi connectivity index (χ0v) is 11.9. The third-order valence-corrected chi connectivity index (χ3v) is 2.18. The molecule has 1 heterocycles. The van der Waals surface area contributed by atoms with E-state index in [0.717, 1.165) is 0 Å². The molecular formula is C13H20N2O4. The van der Waals surface area contributed by atoms with E-state index in [2.05, 4.69) is 10.3 Å². The summed E-state index contributed by atoms with van der Waals surface area (Å²) in [4.78, 5) is 15.6. The van der Waals surface area contributed by atoms with Gasteiger partial charge in [-0.15, -0.1) is 0 Å². The van der Waals surface area contributed by atoms with Crippen molar-refractivity contribution in [1.29, 1.82) is 0 Å². The number of ether oxygens (including phenoxy) is 3. The summed E-state index contributed by atoms with van der Waals surface area (Å²) in [6, 6.07) is 0. The van der Waals surface area contributed by atoms with Crippen LogP contribution in [0.4, 0.5) is 4.79 Å². The molecule has 0 bridgehead atoms. The van der Waals surface area contributed by atoms with Gasteiger partial charge in [0.1, 0.15) is 5.60 Å². The summed E-state index contributed by atoms with van der Waals surface area (Å²) in [6.45, 7) is 5.67. The Kier molecular flexibility index (Phi) is 4.97. The van der Waals surface area contributed by atoms with Crippen molar-refractivity contribution in [3.63, 3.8) is 0 Å². The van der Waals surface area contributed by atoms with Crippen LogP contribution < -0.4 is 14.8 Å². The number of hydrogen-bond acceptors (Lipinski definition) is 5. The van der Waals surface area contributed by atoms with E-state index < -0.39 is 11.7 Å². The average Bonchev–Trinajstić information content (AvgIpc) is 2.33. The van der Waals surface area contributed by atoms with Crippen LogP contribution in [0.5, 0.6) is 11.5 Å². The van der Waals surface area contributed by atoms with E-state index in [4.69, 9.17) is 14.2 Å². The minimum atomic E-state index is -0.527. The molecule has 0 aliphatic carbocycles. The summed E-state index contributed by atoms with van der Waals surface area (Å²) < 4.78 is 15.5. The molecule has 19 heavy (non-hydrogen) atoms. The van der Waals surface area contributed by atoms with Crippen molar-refractivity contribution >= 4 is 6.09 Å². The molecule has 0 radical (unpaired) electrons. The molecule has 6 heteroatoms. The number of carbonyl (C=O) groups is 1. The number of methoxy groups -OCH3 is 2. The smallest absolute Gasteiger partial charge is 0.407 e. The number of aromatic nitrogens is 1. The first-order valence-electron chi connectivity index (χ1n) is 5.89. The molecule has 0 spiro atoms. The van der Waals surface area contributed by atoms with Crippen LogP contribution in [-0.2, 0) is 11.3 Å². The Morgan fingerprint density at radius 2 is 1.95 bits per heavy atom. The molecule has 1 N–H and O–H groups in total. The fourth-order valence-electron chi connectivity index (χ4n) is 1.46. The van der Waals surface area contributed by atoms with Crippen molar-refractivity contribution in [3.05, 3.63) is 18.0 Å². The van der Waals surface area contributed by atoms with Gasteiger partial charge in [0.25, 0.3) is 0 Å². The molecule has 1 aromatic heterocycles. The lowest BCUT2D eigenvalue weighted by Gasteiger charge is -2.20. The van der Waals surface area contributed by atoms with Gasteiger partial charge in [-0.3, -0.25) is 4.98 Å². The number of carbonyl (C=O) groups excluding carboxylic acids is 1. The van der Waals surface area contributed by atoms with E-state index in [-0.39, 0.29) is 6.54 Å². The second-order valence-corrected chi connectivity index (χ2v) is 4.89. The second-order valence-electron chi connectivity index (χ2n) is 4.89. The Bertz CT molecular complexity index is 441. The Balaban J connectivity index is 2.70. The number of rotatable bonds is 4. The summed E-state index contributed by atoms with van der Waals surface area (Å²) in [5.74, 6) is 1.07. The van der Waals surface area contributed by atoms with Crippen LogP contribution in [0.3, 0.4) is 0 Å². The predicted octanol–water partition coefficient (Wildman–Crippen LogP) is 2.12. The van der Waals surface area contributed by atoms with Gasteiger partial charge in [-0.2, -0.15) is 0 Å². The van der Waals surface area contributed by atoms with Crippen LogP contribution >= 0.6 is 0 Å². The molecule has 1 aromatic rings. The van der Waals surface area contributed by atoms with Crippen LogP contribution in [0, 0.1) is 0 Å². The highest BCUT2D eigenvalue weighted by atomic mass is 16.6. The van der Waals surface area contributed by atoms with E-state index >= 15 is 0 Å². The van der Waals surface area contributed by atoms with Crippen LogP contribution in [0.1, 0.15) is 26.3 Å². The number of pyridine rings is 1. The first-order valence-corrected chi connectivity index (χ1v) is 5.89. The first-order chi connectivity index (χ1) is 8.87. The molecule has 1 amide bonds. The van der Waals surface area contributed by atoms with Gasteiger partial charge in [-0.1, -0.05) is 0 Å². The molecule has 0 aliphatic rings. The number of hydrogen-bond donors (Lipinski definition) is 1. The van der Waals surface area contributed by atoms with Gasteiger partial charge in [-0.05, 0) is 20.8 Å². The number of amides is 1. The van der Waals surface area contributed by atoms with Crippen LogP contribution in [0.15, 0.2) is 12.4 Å². The molecule has 0 saturated carbocycles. The van der Waals surface area contributed by atoms with Crippen molar-refractivity contribution in [1.82, 2.24) is 10.3 Å². The SMILES string of the molecule is COc1cncc(CNC(=O)OC(C)(C)C)c1OC. The Hall–Kier alpha value is -1.98. The lowest BCUT2D eigenvalue weighted by molar-refractivity contribution is 0.0523. The molecule has 0 saturated heterocycles. The second kappa shape index (κ2) is 6.26. The lowest BCUT2D eigenvalue weighted by atomic mass is 10.2. The Morgan fingerprint density at radius 3 is 2.47 bits per heavy atom. The zero-order chi connectivity index (χ0) is 14.5. The molecule has 6 nitrogen and oxygen atoms in total. The highest BCUT2D eigenvalue weighted by Crippen LogP contribution is 2.29. The van der Waals surface area contributed by atoms with E-state index in [9.17, 15) is 4.79 Å². The third kappa shape index (κ3) is 4.65. The quantitative estimate of drug-likeness (QED) is 0.905. The topological polar surface area (TPSA) is 69.7 Å². The highest BCUT2D eigenvalue weighted by Gasteiger charge is 2.17. The zero-order valence-electron chi connectivity index (χ0n) is 11.9. The summed E-state index contributed by atoms with van der Waals surface area (Å²) in [6.07, 6.45) is 2.67. The molecule has 0 atom stereocenters. The van der Waals surface area contributed by atoms with Crippen LogP contribution in [0.25, 0.3) is 0 Å². The van der Waals surface area contributed by atoms with E-state index in [0.29, 0.717) is 17.1 Å². The van der Waals surface area contributed by atoms with E-state index in [1.165, 1.54) is 14.2 Å². The molecule has 0 fully saturated rings. The number of nitrogens with zero attached hydrogens (tertiary/aromatic N) is 1. The maximum Gasteiger partial charge on any atom is 0.407 e. The van der Waals surface area contributed by atoms with Crippen LogP contribution in [-0.4, -0.2) is 30.9 Å². The molecule has 0 aromatic carbocycles. The Labute approximate surface area is 113 Å². The molecule has 106 valence electrons. The maximum atomic E-state index is 11.6. The largest absolute Gasteiger partial charge is 0.492 e. The fraction of sp³-hybridized carbons (Fsp3) is 0.538. The normalized spacial score (nSPS) is 10.8. The summed E-state index contributed by atoms with van der Waals surface area (Å²) in [5.41, 5.74) is 0.188. The predicted molar refractivity (Wildman–Crippen MR) is 70.4 cm³/mol. The molecule has 0 unspecified atom stereocenters. The number of nitrogens with one attached hydrogen (secondary N) is 1. The summed E-state index contributed by atoms with van der Waals surface area (Å²) >= 11 is 0. The fourth-order valence-corrected chi connectivity index (χ4v) is 1.46. The van der Waals surface area contributed by atoms with Gasteiger partial charge in [0.2, 0.25) is 0 Å². The molecular weight excluding hydrogens is 248 g/mol.